The van der Waals surface area contributed by atoms with Crippen LogP contribution in [0.25, 0.3) is 11.3 Å². The lowest BCUT2D eigenvalue weighted by atomic mass is 10.3. The third kappa shape index (κ3) is 3.50. The maximum absolute atomic E-state index is 13.3. The molecule has 4 rings (SSSR count). The van der Waals surface area contributed by atoms with Crippen molar-refractivity contribution in [1.29, 1.82) is 0 Å². The van der Waals surface area contributed by atoms with Crippen LogP contribution >= 0.6 is 0 Å². The third-order valence-electron chi connectivity index (χ3n) is 4.30. The number of carbonyl (C=O) groups is 1. The van der Waals surface area contributed by atoms with Gasteiger partial charge < -0.3 is 9.30 Å². The Morgan fingerprint density at radius 3 is 2.59 bits per heavy atom. The minimum atomic E-state index is -3.06. The molecule has 11 heteroatoms. The van der Waals surface area contributed by atoms with Gasteiger partial charge in [-0.15, -0.1) is 0 Å². The molecule has 1 amide bonds. The molecule has 29 heavy (non-hydrogen) atoms. The molecule has 7 nitrogen and oxygen atoms in total. The fourth-order valence-electron chi connectivity index (χ4n) is 2.96. The number of aromatic nitrogens is 5. The van der Waals surface area contributed by atoms with Crippen molar-refractivity contribution in [3.05, 3.63) is 65.5 Å². The smallest absolute Gasteiger partial charge is 0.280 e. The van der Waals surface area contributed by atoms with Crippen molar-refractivity contribution in [2.75, 3.05) is 7.05 Å². The van der Waals surface area contributed by atoms with Gasteiger partial charge in [-0.2, -0.15) is 5.10 Å². The van der Waals surface area contributed by atoms with Crippen LogP contribution in [0.15, 0.2) is 42.7 Å². The Morgan fingerprint density at radius 1 is 1.10 bits per heavy atom. The summed E-state index contributed by atoms with van der Waals surface area (Å²) in [5.74, 6) is -0.577. The first-order chi connectivity index (χ1) is 13.8. The molecule has 150 valence electrons. The summed E-state index contributed by atoms with van der Waals surface area (Å²) in [5, 5.41) is 3.85. The Balaban J connectivity index is 1.64. The number of hydrogen-bond donors (Lipinski definition) is 0. The molecule has 0 atom stereocenters. The lowest BCUT2D eigenvalue weighted by molar-refractivity contribution is 0.0776. The molecule has 0 bridgehead atoms. The summed E-state index contributed by atoms with van der Waals surface area (Å²) in [5.41, 5.74) is -0.666. The summed E-state index contributed by atoms with van der Waals surface area (Å²) < 4.78 is 54.9. The monoisotopic (exact) mass is 406 g/mol. The number of hydrogen-bond acceptors (Lipinski definition) is 4. The molecule has 4 heterocycles. The second-order valence-corrected chi connectivity index (χ2v) is 6.37. The van der Waals surface area contributed by atoms with Gasteiger partial charge in [0.2, 0.25) is 0 Å². The van der Waals surface area contributed by atoms with E-state index in [1.165, 1.54) is 11.9 Å². The molecule has 0 radical (unpaired) electrons. The van der Waals surface area contributed by atoms with Gasteiger partial charge in [0.05, 0.1) is 12.2 Å². The number of halogens is 4. The van der Waals surface area contributed by atoms with E-state index in [4.69, 9.17) is 0 Å². The highest BCUT2D eigenvalue weighted by molar-refractivity contribution is 5.93. The molecule has 0 aliphatic rings. The van der Waals surface area contributed by atoms with E-state index >= 15 is 0 Å². The molecule has 0 N–H and O–H groups in total. The van der Waals surface area contributed by atoms with Crippen LogP contribution in [0.4, 0.5) is 17.6 Å². The van der Waals surface area contributed by atoms with Crippen LogP contribution in [0.1, 0.15) is 40.4 Å². The minimum Gasteiger partial charge on any atom is -0.334 e. The van der Waals surface area contributed by atoms with Crippen molar-refractivity contribution in [3.8, 4) is 0 Å². The number of amides is 1. The predicted molar refractivity (Wildman–Crippen MR) is 93.9 cm³/mol. The highest BCUT2D eigenvalue weighted by Gasteiger charge is 2.23. The van der Waals surface area contributed by atoms with E-state index in [-0.39, 0.29) is 17.9 Å². The molecular weight excluding hydrogens is 392 g/mol. The SMILES string of the molecule is CN(Cc1cn2ccccc2n1)C(=O)c1cc2nc(C(F)F)cc(C(F)F)n2n1. The third-order valence-corrected chi connectivity index (χ3v) is 4.30. The van der Waals surface area contributed by atoms with E-state index in [0.29, 0.717) is 21.9 Å². The van der Waals surface area contributed by atoms with Crippen LogP contribution in [0, 0.1) is 0 Å². The average Bonchev–Trinajstić information content (AvgIpc) is 3.29. The van der Waals surface area contributed by atoms with E-state index in [1.54, 1.807) is 10.6 Å². The van der Waals surface area contributed by atoms with Crippen molar-refractivity contribution in [1.82, 2.24) is 28.9 Å². The second-order valence-electron chi connectivity index (χ2n) is 6.37. The molecule has 0 aliphatic carbocycles. The van der Waals surface area contributed by atoms with Gasteiger partial charge in [-0.3, -0.25) is 4.79 Å². The molecule has 0 saturated carbocycles. The number of rotatable bonds is 5. The number of nitrogens with zero attached hydrogens (tertiary/aromatic N) is 6. The van der Waals surface area contributed by atoms with Crippen LogP contribution in [-0.2, 0) is 6.54 Å². The van der Waals surface area contributed by atoms with Gasteiger partial charge in [0.1, 0.15) is 17.0 Å². The fraction of sp³-hybridized carbons (Fsp3) is 0.222. The molecule has 4 aromatic rings. The number of alkyl halides is 4. The summed E-state index contributed by atoms with van der Waals surface area (Å²) in [4.78, 5) is 22.0. The van der Waals surface area contributed by atoms with Gasteiger partial charge in [-0.25, -0.2) is 32.0 Å². The van der Waals surface area contributed by atoms with Crippen molar-refractivity contribution in [2.45, 2.75) is 19.4 Å². The van der Waals surface area contributed by atoms with Gasteiger partial charge in [-0.1, -0.05) is 6.07 Å². The van der Waals surface area contributed by atoms with E-state index in [0.717, 1.165) is 6.07 Å². The molecule has 0 unspecified atom stereocenters. The lowest BCUT2D eigenvalue weighted by Gasteiger charge is -2.13. The Bertz CT molecular complexity index is 1170. The first-order valence-electron chi connectivity index (χ1n) is 8.48. The molecule has 0 aromatic carbocycles. The van der Waals surface area contributed by atoms with Gasteiger partial charge >= 0.3 is 0 Å². The van der Waals surface area contributed by atoms with Crippen molar-refractivity contribution < 1.29 is 22.4 Å². The summed E-state index contributed by atoms with van der Waals surface area (Å²) in [6.07, 6.45) is -2.51. The van der Waals surface area contributed by atoms with Gasteiger partial charge in [0, 0.05) is 25.5 Å². The van der Waals surface area contributed by atoms with Crippen molar-refractivity contribution in [2.24, 2.45) is 0 Å². The van der Waals surface area contributed by atoms with Crippen molar-refractivity contribution in [3.63, 3.8) is 0 Å². The highest BCUT2D eigenvalue weighted by atomic mass is 19.3. The summed E-state index contributed by atoms with van der Waals surface area (Å²) in [7, 11) is 1.50. The number of carbonyl (C=O) groups excluding carboxylic acids is 1. The van der Waals surface area contributed by atoms with Crippen molar-refractivity contribution >= 4 is 17.2 Å². The van der Waals surface area contributed by atoms with Crippen LogP contribution in [0.5, 0.6) is 0 Å². The minimum absolute atomic E-state index is 0.145. The normalized spacial score (nSPS) is 11.8. The summed E-state index contributed by atoms with van der Waals surface area (Å²) in [6, 6.07) is 7.18. The van der Waals surface area contributed by atoms with Crippen LogP contribution < -0.4 is 0 Å². The number of pyridine rings is 1. The number of imidazole rings is 1. The highest BCUT2D eigenvalue weighted by Crippen LogP contribution is 2.25. The maximum atomic E-state index is 13.3. The fourth-order valence-corrected chi connectivity index (χ4v) is 2.96. The molecule has 0 fully saturated rings. The van der Waals surface area contributed by atoms with E-state index < -0.39 is 30.1 Å². The van der Waals surface area contributed by atoms with Crippen LogP contribution in [-0.4, -0.2) is 41.8 Å². The summed E-state index contributed by atoms with van der Waals surface area (Å²) in [6.45, 7) is 0.145. The van der Waals surface area contributed by atoms with E-state index in [9.17, 15) is 22.4 Å². The average molecular weight is 406 g/mol. The van der Waals surface area contributed by atoms with E-state index in [1.807, 2.05) is 24.4 Å². The molecular formula is C18H14F4N6O. The largest absolute Gasteiger partial charge is 0.334 e. The zero-order chi connectivity index (χ0) is 20.7. The maximum Gasteiger partial charge on any atom is 0.280 e. The van der Waals surface area contributed by atoms with Gasteiger partial charge in [0.15, 0.2) is 11.3 Å². The predicted octanol–water partition coefficient (Wildman–Crippen LogP) is 3.52. The van der Waals surface area contributed by atoms with E-state index in [2.05, 4.69) is 15.1 Å². The molecule has 0 spiro atoms. The van der Waals surface area contributed by atoms with Gasteiger partial charge in [-0.05, 0) is 18.2 Å². The zero-order valence-corrected chi connectivity index (χ0v) is 15.0. The topological polar surface area (TPSA) is 67.8 Å². The van der Waals surface area contributed by atoms with Gasteiger partial charge in [0.25, 0.3) is 18.8 Å². The Labute approximate surface area is 161 Å². The Kier molecular flexibility index (Phi) is 4.65. The quantitative estimate of drug-likeness (QED) is 0.476. The Hall–Kier alpha value is -3.50. The Morgan fingerprint density at radius 2 is 1.90 bits per heavy atom. The first kappa shape index (κ1) is 18.8. The van der Waals surface area contributed by atoms with Crippen LogP contribution in [0.3, 0.4) is 0 Å². The number of fused-ring (bicyclic) bond motifs is 2. The second kappa shape index (κ2) is 7.15. The lowest BCUT2D eigenvalue weighted by Crippen LogP contribution is -2.26. The molecule has 4 aromatic heterocycles. The molecule has 0 saturated heterocycles. The molecule has 0 aliphatic heterocycles. The summed E-state index contributed by atoms with van der Waals surface area (Å²) >= 11 is 0. The van der Waals surface area contributed by atoms with Crippen LogP contribution in [0.2, 0.25) is 0 Å². The zero-order valence-electron chi connectivity index (χ0n) is 15.0. The standard InChI is InChI=1S/C18H14F4N6O/c1-26(8-10-9-27-5-3-2-4-14(27)23-10)18(29)12-7-15-24-11(16(19)20)6-13(17(21)22)28(15)25-12/h2-7,9,16-17H,8H2,1H3. The first-order valence-corrected chi connectivity index (χ1v) is 8.48.